The molecule has 0 saturated heterocycles. The molecule has 1 N–H and O–H groups in total. The zero-order valence-corrected chi connectivity index (χ0v) is 13.2. The minimum atomic E-state index is -0.370. The molecule has 0 spiro atoms. The second-order valence-electron chi connectivity index (χ2n) is 4.17. The first-order valence-electron chi connectivity index (χ1n) is 5.61. The highest BCUT2D eigenvalue weighted by molar-refractivity contribution is 9.10. The highest BCUT2D eigenvalue weighted by atomic mass is 79.9. The van der Waals surface area contributed by atoms with Crippen LogP contribution in [-0.2, 0) is 6.54 Å². The van der Waals surface area contributed by atoms with Gasteiger partial charge in [0, 0.05) is 16.0 Å². The van der Waals surface area contributed by atoms with Gasteiger partial charge in [0.05, 0.1) is 10.7 Å². The topological polar surface area (TPSA) is 12.0 Å². The summed E-state index contributed by atoms with van der Waals surface area (Å²) >= 11 is 15.2. The van der Waals surface area contributed by atoms with Crippen LogP contribution in [0.5, 0.6) is 0 Å². The first kappa shape index (κ1) is 14.6. The van der Waals surface area contributed by atoms with E-state index in [2.05, 4.69) is 21.2 Å². The molecule has 0 aromatic heterocycles. The Morgan fingerprint density at radius 2 is 1.95 bits per heavy atom. The number of hydrogen-bond acceptors (Lipinski definition) is 1. The predicted molar refractivity (Wildman–Crippen MR) is 82.6 cm³/mol. The van der Waals surface area contributed by atoms with E-state index in [1.807, 2.05) is 25.1 Å². The smallest absolute Gasteiger partial charge is 0.125 e. The molecule has 1 nitrogen and oxygen atoms in total. The minimum Gasteiger partial charge on any atom is -0.379 e. The highest BCUT2D eigenvalue weighted by Gasteiger charge is 2.08. The van der Waals surface area contributed by atoms with Crippen LogP contribution in [0.1, 0.15) is 11.1 Å². The SMILES string of the molecule is Cc1cc(Cl)ccc1CNc1c(Cl)cc(F)cc1Br. The zero-order valence-electron chi connectivity index (χ0n) is 10.1. The summed E-state index contributed by atoms with van der Waals surface area (Å²) in [6.07, 6.45) is 0. The zero-order chi connectivity index (χ0) is 14.0. The fourth-order valence-corrected chi connectivity index (χ4v) is 2.94. The Balaban J connectivity index is 2.19. The third-order valence-corrected chi connectivity index (χ3v) is 3.93. The summed E-state index contributed by atoms with van der Waals surface area (Å²) in [6.45, 7) is 2.58. The molecule has 0 bridgehead atoms. The number of nitrogens with one attached hydrogen (secondary N) is 1. The van der Waals surface area contributed by atoms with Gasteiger partial charge < -0.3 is 5.32 Å². The number of rotatable bonds is 3. The molecule has 5 heteroatoms. The van der Waals surface area contributed by atoms with Gasteiger partial charge in [0.15, 0.2) is 0 Å². The molecule has 0 amide bonds. The van der Waals surface area contributed by atoms with E-state index < -0.39 is 0 Å². The molecule has 0 fully saturated rings. The van der Waals surface area contributed by atoms with Gasteiger partial charge in [-0.1, -0.05) is 29.3 Å². The third-order valence-electron chi connectivity index (χ3n) is 2.77. The van der Waals surface area contributed by atoms with E-state index in [0.29, 0.717) is 26.8 Å². The molecule has 19 heavy (non-hydrogen) atoms. The van der Waals surface area contributed by atoms with Gasteiger partial charge >= 0.3 is 0 Å². The van der Waals surface area contributed by atoms with Gasteiger partial charge in [-0.05, 0) is 58.2 Å². The van der Waals surface area contributed by atoms with E-state index in [0.717, 1.165) is 11.1 Å². The molecule has 2 aromatic carbocycles. The van der Waals surface area contributed by atoms with Crippen LogP contribution in [0.15, 0.2) is 34.8 Å². The summed E-state index contributed by atoms with van der Waals surface area (Å²) in [7, 11) is 0. The molecule has 0 aliphatic rings. The summed E-state index contributed by atoms with van der Waals surface area (Å²) < 4.78 is 13.7. The van der Waals surface area contributed by atoms with E-state index >= 15 is 0 Å². The third kappa shape index (κ3) is 3.62. The lowest BCUT2D eigenvalue weighted by Gasteiger charge is -2.12. The van der Waals surface area contributed by atoms with Crippen molar-refractivity contribution in [2.24, 2.45) is 0 Å². The lowest BCUT2D eigenvalue weighted by Crippen LogP contribution is -2.02. The van der Waals surface area contributed by atoms with Crippen LogP contribution in [0.25, 0.3) is 0 Å². The molecule has 100 valence electrons. The molecule has 2 aromatic rings. The molecule has 0 aliphatic heterocycles. The normalized spacial score (nSPS) is 10.6. The molecule has 0 radical (unpaired) electrons. The molecule has 0 heterocycles. The fourth-order valence-electron chi connectivity index (χ4n) is 1.75. The van der Waals surface area contributed by atoms with Crippen LogP contribution in [0.3, 0.4) is 0 Å². The minimum absolute atomic E-state index is 0.346. The number of benzene rings is 2. The Labute approximate surface area is 129 Å². The van der Waals surface area contributed by atoms with E-state index in [9.17, 15) is 4.39 Å². The van der Waals surface area contributed by atoms with Crippen LogP contribution in [0.4, 0.5) is 10.1 Å². The Hall–Kier alpha value is -0.770. The van der Waals surface area contributed by atoms with Gasteiger partial charge in [-0.25, -0.2) is 4.39 Å². The van der Waals surface area contributed by atoms with Crippen LogP contribution in [0.2, 0.25) is 10.0 Å². The van der Waals surface area contributed by atoms with Crippen molar-refractivity contribution in [2.45, 2.75) is 13.5 Å². The number of halogens is 4. The van der Waals surface area contributed by atoms with Crippen molar-refractivity contribution >= 4 is 44.8 Å². The molecule has 0 saturated carbocycles. The maximum Gasteiger partial charge on any atom is 0.125 e. The molecular formula is C14H11BrCl2FN. The van der Waals surface area contributed by atoms with Crippen molar-refractivity contribution in [1.82, 2.24) is 0 Å². The Bertz CT molecular complexity index is 593. The molecule has 0 aliphatic carbocycles. The highest BCUT2D eigenvalue weighted by Crippen LogP contribution is 2.32. The quantitative estimate of drug-likeness (QED) is 0.725. The van der Waals surface area contributed by atoms with Gasteiger partial charge in [0.2, 0.25) is 0 Å². The van der Waals surface area contributed by atoms with Gasteiger partial charge in [-0.3, -0.25) is 0 Å². The van der Waals surface area contributed by atoms with Gasteiger partial charge in [0.1, 0.15) is 5.82 Å². The first-order chi connectivity index (χ1) is 8.97. The first-order valence-corrected chi connectivity index (χ1v) is 7.15. The standard InChI is InChI=1S/C14H11BrCl2FN/c1-8-4-10(16)3-2-9(8)7-19-14-12(15)5-11(18)6-13(14)17/h2-6,19H,7H2,1H3. The van der Waals surface area contributed by atoms with Crippen LogP contribution < -0.4 is 5.32 Å². The van der Waals surface area contributed by atoms with Gasteiger partial charge in [-0.2, -0.15) is 0 Å². The number of anilines is 1. The van der Waals surface area contributed by atoms with Crippen molar-refractivity contribution in [3.63, 3.8) is 0 Å². The van der Waals surface area contributed by atoms with E-state index in [1.165, 1.54) is 12.1 Å². The maximum atomic E-state index is 13.1. The van der Waals surface area contributed by atoms with Gasteiger partial charge in [0.25, 0.3) is 0 Å². The average molecular weight is 363 g/mol. The summed E-state index contributed by atoms with van der Waals surface area (Å²) in [5.41, 5.74) is 2.88. The molecule has 2 rings (SSSR count). The Kier molecular flexibility index (Phi) is 4.71. The number of hydrogen-bond donors (Lipinski definition) is 1. The largest absolute Gasteiger partial charge is 0.379 e. The average Bonchev–Trinajstić information content (AvgIpc) is 2.30. The van der Waals surface area contributed by atoms with Gasteiger partial charge in [-0.15, -0.1) is 0 Å². The van der Waals surface area contributed by atoms with E-state index in [4.69, 9.17) is 23.2 Å². The maximum absolute atomic E-state index is 13.1. The molecular weight excluding hydrogens is 352 g/mol. The molecule has 0 unspecified atom stereocenters. The second kappa shape index (κ2) is 6.12. The van der Waals surface area contributed by atoms with Crippen molar-refractivity contribution in [3.05, 3.63) is 61.8 Å². The van der Waals surface area contributed by atoms with Crippen molar-refractivity contribution < 1.29 is 4.39 Å². The molecule has 0 atom stereocenters. The van der Waals surface area contributed by atoms with E-state index in [1.54, 1.807) is 0 Å². The summed E-state index contributed by atoms with van der Waals surface area (Å²) in [5.74, 6) is -0.370. The van der Waals surface area contributed by atoms with E-state index in [-0.39, 0.29) is 5.82 Å². The van der Waals surface area contributed by atoms with Crippen molar-refractivity contribution in [3.8, 4) is 0 Å². The Morgan fingerprint density at radius 3 is 2.58 bits per heavy atom. The van der Waals surface area contributed by atoms with Crippen LogP contribution in [0, 0.1) is 12.7 Å². The second-order valence-corrected chi connectivity index (χ2v) is 5.87. The summed E-state index contributed by atoms with van der Waals surface area (Å²) in [5, 5.41) is 4.25. The number of aryl methyl sites for hydroxylation is 1. The lowest BCUT2D eigenvalue weighted by atomic mass is 10.1. The summed E-state index contributed by atoms with van der Waals surface area (Å²) in [6, 6.07) is 8.36. The fraction of sp³-hybridized carbons (Fsp3) is 0.143. The van der Waals surface area contributed by atoms with Crippen LogP contribution in [-0.4, -0.2) is 0 Å². The summed E-state index contributed by atoms with van der Waals surface area (Å²) in [4.78, 5) is 0. The lowest BCUT2D eigenvalue weighted by molar-refractivity contribution is 0.627. The van der Waals surface area contributed by atoms with Crippen LogP contribution >= 0.6 is 39.1 Å². The van der Waals surface area contributed by atoms with Crippen molar-refractivity contribution in [2.75, 3.05) is 5.32 Å². The monoisotopic (exact) mass is 361 g/mol. The Morgan fingerprint density at radius 1 is 1.21 bits per heavy atom. The predicted octanol–water partition coefficient (Wildman–Crippen LogP) is 5.82. The van der Waals surface area contributed by atoms with Crippen molar-refractivity contribution in [1.29, 1.82) is 0 Å².